The number of ether oxygens (including phenoxy) is 2. The summed E-state index contributed by atoms with van der Waals surface area (Å²) in [5, 5.41) is 0. The van der Waals surface area contributed by atoms with E-state index >= 15 is 0 Å². The highest BCUT2D eigenvalue weighted by molar-refractivity contribution is 5.88. The third-order valence-corrected chi connectivity index (χ3v) is 1.34. The molecule has 0 heterocycles. The maximum Gasteiger partial charge on any atom is 0.336 e. The van der Waals surface area contributed by atoms with E-state index in [0.29, 0.717) is 6.42 Å². The Labute approximate surface area is 77.5 Å². The van der Waals surface area contributed by atoms with Gasteiger partial charge in [-0.2, -0.15) is 0 Å². The predicted molar refractivity (Wildman–Crippen MR) is 47.0 cm³/mol. The molecule has 4 heteroatoms. The Kier molecular flexibility index (Phi) is 5.59. The molecule has 0 aliphatic carbocycles. The Balaban J connectivity index is 3.70. The Morgan fingerprint density at radius 1 is 1.38 bits per heavy atom. The van der Waals surface area contributed by atoms with Crippen molar-refractivity contribution in [2.45, 2.75) is 19.8 Å². The number of hydrogen-bond donors (Lipinski definition) is 0. The van der Waals surface area contributed by atoms with E-state index in [1.807, 2.05) is 6.92 Å². The topological polar surface area (TPSA) is 52.6 Å². The van der Waals surface area contributed by atoms with Crippen molar-refractivity contribution in [2.75, 3.05) is 13.7 Å². The Morgan fingerprint density at radius 2 is 2.00 bits per heavy atom. The molecule has 74 valence electrons. The molecule has 0 atom stereocenters. The zero-order valence-electron chi connectivity index (χ0n) is 7.96. The van der Waals surface area contributed by atoms with Crippen LogP contribution in [0.25, 0.3) is 0 Å². The molecule has 0 unspecified atom stereocenters. The van der Waals surface area contributed by atoms with E-state index in [1.54, 1.807) is 0 Å². The molecule has 0 aliphatic heterocycles. The lowest BCUT2D eigenvalue weighted by molar-refractivity contribution is -0.144. The number of carbonyl (C=O) groups is 2. The van der Waals surface area contributed by atoms with Crippen LogP contribution in [-0.4, -0.2) is 25.7 Å². The van der Waals surface area contributed by atoms with Crippen molar-refractivity contribution < 1.29 is 19.1 Å². The molecule has 0 aliphatic rings. The molecule has 0 rings (SSSR count). The summed E-state index contributed by atoms with van der Waals surface area (Å²) in [4.78, 5) is 21.6. The van der Waals surface area contributed by atoms with Crippen LogP contribution in [0.2, 0.25) is 0 Å². The van der Waals surface area contributed by atoms with E-state index in [2.05, 4.69) is 11.3 Å². The first-order chi connectivity index (χ1) is 6.11. The summed E-state index contributed by atoms with van der Waals surface area (Å²) >= 11 is 0. The van der Waals surface area contributed by atoms with Crippen molar-refractivity contribution >= 4 is 11.9 Å². The van der Waals surface area contributed by atoms with E-state index in [4.69, 9.17) is 4.74 Å². The summed E-state index contributed by atoms with van der Waals surface area (Å²) < 4.78 is 9.10. The standard InChI is InChI=1S/C9H14O4/c1-4-5-8(10)13-6-7(2)9(11)12-3/h2,4-6H2,1,3H3. The number of rotatable bonds is 5. The minimum absolute atomic E-state index is 0.0918. The van der Waals surface area contributed by atoms with Gasteiger partial charge in [-0.15, -0.1) is 0 Å². The van der Waals surface area contributed by atoms with Crippen LogP contribution in [0.15, 0.2) is 12.2 Å². The monoisotopic (exact) mass is 186 g/mol. The third-order valence-electron chi connectivity index (χ3n) is 1.34. The van der Waals surface area contributed by atoms with Crippen molar-refractivity contribution in [1.29, 1.82) is 0 Å². The highest BCUT2D eigenvalue weighted by atomic mass is 16.5. The molecule has 0 bridgehead atoms. The molecule has 0 radical (unpaired) electrons. The fourth-order valence-electron chi connectivity index (χ4n) is 0.647. The Hall–Kier alpha value is -1.32. The molecular weight excluding hydrogens is 172 g/mol. The highest BCUT2D eigenvalue weighted by Crippen LogP contribution is 1.97. The second-order valence-corrected chi connectivity index (χ2v) is 2.51. The number of carbonyl (C=O) groups excluding carboxylic acids is 2. The van der Waals surface area contributed by atoms with Crippen molar-refractivity contribution in [2.24, 2.45) is 0 Å². The van der Waals surface area contributed by atoms with E-state index in [1.165, 1.54) is 7.11 Å². The van der Waals surface area contributed by atoms with Gasteiger partial charge in [0.1, 0.15) is 6.61 Å². The Bertz CT molecular complexity index is 208. The average Bonchev–Trinajstić information content (AvgIpc) is 2.13. The molecule has 0 aromatic heterocycles. The molecular formula is C9H14O4. The van der Waals surface area contributed by atoms with Crippen molar-refractivity contribution in [3.8, 4) is 0 Å². The second kappa shape index (κ2) is 6.22. The predicted octanol–water partition coefficient (Wildman–Crippen LogP) is 1.06. The summed E-state index contributed by atoms with van der Waals surface area (Å²) in [6.45, 7) is 5.19. The molecule has 0 N–H and O–H groups in total. The minimum atomic E-state index is -0.552. The number of esters is 2. The van der Waals surface area contributed by atoms with Crippen molar-refractivity contribution in [3.63, 3.8) is 0 Å². The fourth-order valence-corrected chi connectivity index (χ4v) is 0.647. The van der Waals surface area contributed by atoms with Crippen LogP contribution in [0, 0.1) is 0 Å². The van der Waals surface area contributed by atoms with E-state index in [-0.39, 0.29) is 18.1 Å². The molecule has 13 heavy (non-hydrogen) atoms. The quantitative estimate of drug-likeness (QED) is 0.476. The van der Waals surface area contributed by atoms with Gasteiger partial charge in [-0.3, -0.25) is 4.79 Å². The maximum atomic E-state index is 10.8. The smallest absolute Gasteiger partial charge is 0.336 e. The van der Waals surface area contributed by atoms with Gasteiger partial charge in [-0.1, -0.05) is 13.5 Å². The van der Waals surface area contributed by atoms with Gasteiger partial charge in [0, 0.05) is 6.42 Å². The van der Waals surface area contributed by atoms with Crippen molar-refractivity contribution in [3.05, 3.63) is 12.2 Å². The van der Waals surface area contributed by atoms with Crippen LogP contribution in [0.1, 0.15) is 19.8 Å². The summed E-state index contributed by atoms with van der Waals surface area (Å²) in [5.74, 6) is -0.878. The SMILES string of the molecule is C=C(COC(=O)CCC)C(=O)OC. The molecule has 0 fully saturated rings. The Morgan fingerprint density at radius 3 is 2.46 bits per heavy atom. The highest BCUT2D eigenvalue weighted by Gasteiger charge is 2.08. The van der Waals surface area contributed by atoms with Crippen molar-refractivity contribution in [1.82, 2.24) is 0 Å². The second-order valence-electron chi connectivity index (χ2n) is 2.51. The van der Waals surface area contributed by atoms with Gasteiger partial charge in [-0.05, 0) is 6.42 Å². The fraction of sp³-hybridized carbons (Fsp3) is 0.556. The van der Waals surface area contributed by atoms with Gasteiger partial charge in [0.15, 0.2) is 0 Å². The third kappa shape index (κ3) is 5.00. The molecule has 0 saturated carbocycles. The molecule has 0 aromatic rings. The minimum Gasteiger partial charge on any atom is -0.466 e. The van der Waals surface area contributed by atoms with E-state index < -0.39 is 5.97 Å². The lowest BCUT2D eigenvalue weighted by atomic mass is 10.3. The first-order valence-electron chi connectivity index (χ1n) is 4.03. The summed E-state index contributed by atoms with van der Waals surface area (Å²) in [6.07, 6.45) is 1.08. The van der Waals surface area contributed by atoms with Crippen LogP contribution >= 0.6 is 0 Å². The van der Waals surface area contributed by atoms with Gasteiger partial charge in [-0.25, -0.2) is 4.79 Å². The molecule has 0 saturated heterocycles. The molecule has 0 amide bonds. The molecule has 4 nitrogen and oxygen atoms in total. The normalized spacial score (nSPS) is 9.08. The molecule has 0 spiro atoms. The summed E-state index contributed by atoms with van der Waals surface area (Å²) in [5.41, 5.74) is 0.145. The van der Waals surface area contributed by atoms with E-state index in [0.717, 1.165) is 6.42 Å². The van der Waals surface area contributed by atoms with Crippen LogP contribution in [-0.2, 0) is 19.1 Å². The number of methoxy groups -OCH3 is 1. The van der Waals surface area contributed by atoms with E-state index in [9.17, 15) is 9.59 Å². The summed E-state index contributed by atoms with van der Waals surface area (Å²) in [7, 11) is 1.25. The van der Waals surface area contributed by atoms with Gasteiger partial charge < -0.3 is 9.47 Å². The lowest BCUT2D eigenvalue weighted by Crippen LogP contribution is -2.13. The van der Waals surface area contributed by atoms with Gasteiger partial charge in [0.2, 0.25) is 0 Å². The largest absolute Gasteiger partial charge is 0.466 e. The lowest BCUT2D eigenvalue weighted by Gasteiger charge is -2.04. The zero-order valence-corrected chi connectivity index (χ0v) is 7.96. The molecule has 0 aromatic carbocycles. The van der Waals surface area contributed by atoms with Gasteiger partial charge in [0.25, 0.3) is 0 Å². The van der Waals surface area contributed by atoms with Crippen LogP contribution < -0.4 is 0 Å². The van der Waals surface area contributed by atoms with Crippen LogP contribution in [0.4, 0.5) is 0 Å². The van der Waals surface area contributed by atoms with Gasteiger partial charge in [0.05, 0.1) is 12.7 Å². The summed E-state index contributed by atoms with van der Waals surface area (Å²) in [6, 6.07) is 0. The average molecular weight is 186 g/mol. The van der Waals surface area contributed by atoms with Crippen LogP contribution in [0.3, 0.4) is 0 Å². The maximum absolute atomic E-state index is 10.8. The zero-order chi connectivity index (χ0) is 10.3. The van der Waals surface area contributed by atoms with Crippen LogP contribution in [0.5, 0.6) is 0 Å². The number of hydrogen-bond acceptors (Lipinski definition) is 4. The first kappa shape index (κ1) is 11.7. The van der Waals surface area contributed by atoms with Gasteiger partial charge >= 0.3 is 11.9 Å². The first-order valence-corrected chi connectivity index (χ1v) is 4.03.